The zero-order chi connectivity index (χ0) is 22.4. The smallest absolute Gasteiger partial charge is 0.309 e. The maximum absolute atomic E-state index is 13.0. The van der Waals surface area contributed by atoms with Crippen LogP contribution in [0.5, 0.6) is 5.75 Å². The number of nitrogens with zero attached hydrogens (tertiary/aromatic N) is 2. The van der Waals surface area contributed by atoms with Crippen molar-refractivity contribution in [2.45, 2.75) is 24.6 Å². The zero-order valence-corrected chi connectivity index (χ0v) is 18.0. The summed E-state index contributed by atoms with van der Waals surface area (Å²) in [4.78, 5) is 28.2. The summed E-state index contributed by atoms with van der Waals surface area (Å²) in [5, 5.41) is 4.88. The Balaban J connectivity index is 1.59. The van der Waals surface area contributed by atoms with E-state index in [4.69, 9.17) is 9.47 Å². The predicted octanol–water partition coefficient (Wildman–Crippen LogP) is 0.178. The molecule has 1 aliphatic heterocycles. The third-order valence-corrected chi connectivity index (χ3v) is 6.60. The first-order valence-corrected chi connectivity index (χ1v) is 11.0. The number of rotatable bonds is 7. The molecule has 2 N–H and O–H groups in total. The van der Waals surface area contributed by atoms with Gasteiger partial charge < -0.3 is 20.1 Å². The van der Waals surface area contributed by atoms with Crippen LogP contribution in [0.25, 0.3) is 0 Å². The van der Waals surface area contributed by atoms with Crippen LogP contribution in [0.1, 0.15) is 11.3 Å². The molecule has 0 spiro atoms. The SMILES string of the molecule is COc1ccc(S(=O)(=O)N2CCO[C@@H]2CNC(=O)C(=O)NCc2ccccn2)cc1C. The molecule has 1 fully saturated rings. The summed E-state index contributed by atoms with van der Waals surface area (Å²) < 4.78 is 37.9. The Morgan fingerprint density at radius 1 is 1.23 bits per heavy atom. The van der Waals surface area contributed by atoms with Crippen LogP contribution < -0.4 is 15.4 Å². The number of aryl methyl sites for hydroxylation is 1. The maximum Gasteiger partial charge on any atom is 0.309 e. The molecular formula is C20H24N4O6S. The minimum absolute atomic E-state index is 0.0979. The molecule has 31 heavy (non-hydrogen) atoms. The third-order valence-electron chi connectivity index (χ3n) is 4.72. The number of hydrogen-bond acceptors (Lipinski definition) is 7. The van der Waals surface area contributed by atoms with E-state index >= 15 is 0 Å². The van der Waals surface area contributed by atoms with Crippen molar-refractivity contribution in [1.29, 1.82) is 0 Å². The molecule has 1 aliphatic rings. The van der Waals surface area contributed by atoms with Gasteiger partial charge >= 0.3 is 11.8 Å². The number of ether oxygens (including phenoxy) is 2. The second-order valence-electron chi connectivity index (χ2n) is 6.79. The molecule has 1 aromatic heterocycles. The Hall–Kier alpha value is -3.02. The topological polar surface area (TPSA) is 127 Å². The number of pyridine rings is 1. The van der Waals surface area contributed by atoms with Gasteiger partial charge in [-0.15, -0.1) is 0 Å². The lowest BCUT2D eigenvalue weighted by Crippen LogP contribution is -2.47. The molecule has 0 aliphatic carbocycles. The molecule has 0 radical (unpaired) electrons. The van der Waals surface area contributed by atoms with Gasteiger partial charge in [-0.3, -0.25) is 14.6 Å². The van der Waals surface area contributed by atoms with Gasteiger partial charge in [-0.2, -0.15) is 4.31 Å². The molecule has 166 valence electrons. The third kappa shape index (κ3) is 5.37. The van der Waals surface area contributed by atoms with E-state index in [0.717, 1.165) is 0 Å². The number of nitrogens with one attached hydrogen (secondary N) is 2. The number of hydrogen-bond donors (Lipinski definition) is 2. The van der Waals surface area contributed by atoms with Crippen LogP contribution in [0.3, 0.4) is 0 Å². The quantitative estimate of drug-likeness (QED) is 0.579. The number of carbonyl (C=O) groups is 2. The van der Waals surface area contributed by atoms with Gasteiger partial charge in [0.15, 0.2) is 0 Å². The summed E-state index contributed by atoms with van der Waals surface area (Å²) in [7, 11) is -2.35. The van der Waals surface area contributed by atoms with E-state index in [1.165, 1.54) is 23.5 Å². The number of carbonyl (C=O) groups excluding carboxylic acids is 2. The maximum atomic E-state index is 13.0. The molecule has 1 atom stereocenters. The van der Waals surface area contributed by atoms with E-state index in [1.807, 2.05) is 0 Å². The molecule has 1 aromatic carbocycles. The highest BCUT2D eigenvalue weighted by molar-refractivity contribution is 7.89. The number of sulfonamides is 1. The average Bonchev–Trinajstić information content (AvgIpc) is 3.26. The molecule has 1 saturated heterocycles. The minimum Gasteiger partial charge on any atom is -0.496 e. The number of aromatic nitrogens is 1. The highest BCUT2D eigenvalue weighted by Crippen LogP contribution is 2.26. The standard InChI is InChI=1S/C20H24N4O6S/c1-14-11-16(6-7-17(14)29-2)31(27,28)24-9-10-30-18(24)13-23-20(26)19(25)22-12-15-5-3-4-8-21-15/h3-8,11,18H,9-10,12-13H2,1-2H3,(H,22,25)(H,23,26)/t18-/m1/s1. The lowest BCUT2D eigenvalue weighted by molar-refractivity contribution is -0.139. The monoisotopic (exact) mass is 448 g/mol. The van der Waals surface area contributed by atoms with Crippen LogP contribution in [0.15, 0.2) is 47.5 Å². The molecule has 2 amide bonds. The summed E-state index contributed by atoms with van der Waals surface area (Å²) in [6, 6.07) is 9.79. The van der Waals surface area contributed by atoms with E-state index in [-0.39, 0.29) is 31.1 Å². The molecule has 10 nitrogen and oxygen atoms in total. The lowest BCUT2D eigenvalue weighted by atomic mass is 10.2. The Morgan fingerprint density at radius 3 is 2.68 bits per heavy atom. The first kappa shape index (κ1) is 22.7. The van der Waals surface area contributed by atoms with E-state index in [2.05, 4.69) is 15.6 Å². The van der Waals surface area contributed by atoms with Crippen molar-refractivity contribution >= 4 is 21.8 Å². The highest BCUT2D eigenvalue weighted by Gasteiger charge is 2.37. The zero-order valence-electron chi connectivity index (χ0n) is 17.2. The van der Waals surface area contributed by atoms with Crippen LogP contribution in [-0.4, -0.2) is 62.6 Å². The van der Waals surface area contributed by atoms with Gasteiger partial charge in [0, 0.05) is 12.7 Å². The van der Waals surface area contributed by atoms with Crippen molar-refractivity contribution in [3.8, 4) is 5.75 Å². The summed E-state index contributed by atoms with van der Waals surface area (Å²) >= 11 is 0. The van der Waals surface area contributed by atoms with Crippen LogP contribution in [0.4, 0.5) is 0 Å². The van der Waals surface area contributed by atoms with Gasteiger partial charge in [0.2, 0.25) is 10.0 Å². The Bertz CT molecular complexity index is 1040. The molecule has 11 heteroatoms. The van der Waals surface area contributed by atoms with Crippen LogP contribution >= 0.6 is 0 Å². The van der Waals surface area contributed by atoms with Gasteiger partial charge in [0.1, 0.15) is 12.0 Å². The summed E-state index contributed by atoms with van der Waals surface area (Å²) in [5.41, 5.74) is 1.29. The van der Waals surface area contributed by atoms with Crippen LogP contribution in [0.2, 0.25) is 0 Å². The molecule has 3 rings (SSSR count). The largest absolute Gasteiger partial charge is 0.496 e. The molecule has 0 unspecified atom stereocenters. The fraction of sp³-hybridized carbons (Fsp3) is 0.350. The molecule has 2 aromatic rings. The first-order chi connectivity index (χ1) is 14.8. The van der Waals surface area contributed by atoms with E-state index in [9.17, 15) is 18.0 Å². The van der Waals surface area contributed by atoms with Crippen LogP contribution in [0, 0.1) is 6.92 Å². The van der Waals surface area contributed by atoms with Crippen molar-refractivity contribution < 1.29 is 27.5 Å². The lowest BCUT2D eigenvalue weighted by Gasteiger charge is -2.23. The first-order valence-electron chi connectivity index (χ1n) is 9.57. The normalized spacial score (nSPS) is 16.6. The summed E-state index contributed by atoms with van der Waals surface area (Å²) in [6.45, 7) is 2.01. The van der Waals surface area contributed by atoms with Gasteiger partial charge in [-0.25, -0.2) is 8.42 Å². The van der Waals surface area contributed by atoms with Gasteiger partial charge in [0.05, 0.1) is 37.4 Å². The number of benzene rings is 1. The minimum atomic E-state index is -3.86. The van der Waals surface area contributed by atoms with Gasteiger partial charge in [-0.1, -0.05) is 6.07 Å². The number of methoxy groups -OCH3 is 1. The van der Waals surface area contributed by atoms with Gasteiger partial charge in [-0.05, 0) is 42.8 Å². The van der Waals surface area contributed by atoms with Crippen LogP contribution in [-0.2, 0) is 30.9 Å². The Labute approximate surface area is 180 Å². The van der Waals surface area contributed by atoms with E-state index in [0.29, 0.717) is 17.0 Å². The van der Waals surface area contributed by atoms with Crippen molar-refractivity contribution in [1.82, 2.24) is 19.9 Å². The Kier molecular flexibility index (Phi) is 7.21. The van der Waals surface area contributed by atoms with Crippen molar-refractivity contribution in [3.63, 3.8) is 0 Å². The highest BCUT2D eigenvalue weighted by atomic mass is 32.2. The predicted molar refractivity (Wildman–Crippen MR) is 110 cm³/mol. The second-order valence-corrected chi connectivity index (χ2v) is 8.68. The molecule has 0 saturated carbocycles. The van der Waals surface area contributed by atoms with E-state index < -0.39 is 28.1 Å². The molecule has 2 heterocycles. The van der Waals surface area contributed by atoms with Gasteiger partial charge in [0.25, 0.3) is 0 Å². The molecular weight excluding hydrogens is 424 g/mol. The fourth-order valence-corrected chi connectivity index (χ4v) is 4.70. The Morgan fingerprint density at radius 2 is 2.00 bits per heavy atom. The van der Waals surface area contributed by atoms with Crippen molar-refractivity contribution in [3.05, 3.63) is 53.9 Å². The summed E-state index contributed by atoms with van der Waals surface area (Å²) in [5.74, 6) is -1.15. The average molecular weight is 449 g/mol. The molecule has 0 bridgehead atoms. The number of amides is 2. The second kappa shape index (κ2) is 9.86. The fourth-order valence-electron chi connectivity index (χ4n) is 3.10. The summed E-state index contributed by atoms with van der Waals surface area (Å²) in [6.07, 6.45) is 0.665. The van der Waals surface area contributed by atoms with Crippen molar-refractivity contribution in [2.24, 2.45) is 0 Å². The van der Waals surface area contributed by atoms with Crippen molar-refractivity contribution in [2.75, 3.05) is 26.8 Å². The van der Waals surface area contributed by atoms with E-state index in [1.54, 1.807) is 37.4 Å².